The van der Waals surface area contributed by atoms with Crippen molar-refractivity contribution in [1.82, 2.24) is 0 Å². The standard InChI is InChI=1S/C32H46N2O4/c1-5-7-9-25-15-27(35-19-29-21-37-29)11-13-31(25)33-17-24(4)34(18-23(33)3)32-14-12-28(36-20-30-22-38-30)16-26(32)10-8-6-2/h11-16,23-24,29-30H,5-10,17-22H2,1-4H3. The molecular weight excluding hydrogens is 476 g/mol. The molecule has 0 aromatic heterocycles. The average molecular weight is 523 g/mol. The van der Waals surface area contributed by atoms with Crippen molar-refractivity contribution in [2.75, 3.05) is 49.3 Å². The van der Waals surface area contributed by atoms with E-state index in [2.05, 4.69) is 73.9 Å². The molecule has 4 unspecified atom stereocenters. The Labute approximate surface area is 229 Å². The molecule has 0 bridgehead atoms. The first kappa shape index (κ1) is 27.1. The highest BCUT2D eigenvalue weighted by Gasteiger charge is 2.32. The predicted molar refractivity (Wildman–Crippen MR) is 154 cm³/mol. The summed E-state index contributed by atoms with van der Waals surface area (Å²) in [5.74, 6) is 1.93. The number of ether oxygens (including phenoxy) is 4. The van der Waals surface area contributed by atoms with Gasteiger partial charge in [0.05, 0.1) is 13.2 Å². The van der Waals surface area contributed by atoms with Crippen LogP contribution in [0.4, 0.5) is 11.4 Å². The summed E-state index contributed by atoms with van der Waals surface area (Å²) in [7, 11) is 0. The van der Waals surface area contributed by atoms with Gasteiger partial charge < -0.3 is 28.7 Å². The lowest BCUT2D eigenvalue weighted by molar-refractivity contribution is 0.263. The van der Waals surface area contributed by atoms with E-state index in [1.807, 2.05) is 0 Å². The van der Waals surface area contributed by atoms with Crippen LogP contribution >= 0.6 is 0 Å². The third-order valence-corrected chi connectivity index (χ3v) is 7.98. The molecule has 6 heteroatoms. The van der Waals surface area contributed by atoms with E-state index in [1.54, 1.807) is 0 Å². The Kier molecular flexibility index (Phi) is 9.01. The van der Waals surface area contributed by atoms with E-state index < -0.39 is 0 Å². The molecule has 0 N–H and O–H groups in total. The SMILES string of the molecule is CCCCc1cc(OCC2CO2)ccc1N1CC(C)N(c2ccc(OCC3CO3)cc2CCCC)CC1C. The van der Waals surface area contributed by atoms with Gasteiger partial charge >= 0.3 is 0 Å². The Morgan fingerprint density at radius 2 is 1.13 bits per heavy atom. The number of hydrogen-bond donors (Lipinski definition) is 0. The summed E-state index contributed by atoms with van der Waals surface area (Å²) in [4.78, 5) is 5.25. The maximum Gasteiger partial charge on any atom is 0.119 e. The van der Waals surface area contributed by atoms with Crippen LogP contribution in [0.3, 0.4) is 0 Å². The third-order valence-electron chi connectivity index (χ3n) is 7.98. The van der Waals surface area contributed by atoms with Gasteiger partial charge in [0.15, 0.2) is 0 Å². The summed E-state index contributed by atoms with van der Waals surface area (Å²) < 4.78 is 22.7. The van der Waals surface area contributed by atoms with E-state index in [4.69, 9.17) is 18.9 Å². The highest BCUT2D eigenvalue weighted by Crippen LogP contribution is 2.35. The van der Waals surface area contributed by atoms with Gasteiger partial charge in [-0.25, -0.2) is 0 Å². The first-order valence-electron chi connectivity index (χ1n) is 14.8. The van der Waals surface area contributed by atoms with Gasteiger partial charge in [-0.2, -0.15) is 0 Å². The Hall–Kier alpha value is -2.44. The highest BCUT2D eigenvalue weighted by molar-refractivity contribution is 5.62. The minimum absolute atomic E-state index is 0.276. The fourth-order valence-corrected chi connectivity index (χ4v) is 5.50. The molecule has 4 atom stereocenters. The monoisotopic (exact) mass is 522 g/mol. The molecule has 3 saturated heterocycles. The largest absolute Gasteiger partial charge is 0.491 e. The lowest BCUT2D eigenvalue weighted by Crippen LogP contribution is -2.57. The molecule has 0 aliphatic carbocycles. The van der Waals surface area contributed by atoms with Crippen molar-refractivity contribution in [3.05, 3.63) is 47.5 Å². The molecule has 3 fully saturated rings. The van der Waals surface area contributed by atoms with Gasteiger partial charge in [0.25, 0.3) is 0 Å². The number of anilines is 2. The second-order valence-electron chi connectivity index (χ2n) is 11.3. The van der Waals surface area contributed by atoms with E-state index in [0.29, 0.717) is 25.3 Å². The van der Waals surface area contributed by atoms with Crippen molar-refractivity contribution in [1.29, 1.82) is 0 Å². The van der Waals surface area contributed by atoms with E-state index in [9.17, 15) is 0 Å². The quantitative estimate of drug-likeness (QED) is 0.282. The molecule has 208 valence electrons. The van der Waals surface area contributed by atoms with Gasteiger partial charge in [-0.3, -0.25) is 0 Å². The molecule has 0 radical (unpaired) electrons. The maximum atomic E-state index is 6.04. The number of benzene rings is 2. The maximum absolute atomic E-state index is 6.04. The molecule has 3 aliphatic heterocycles. The van der Waals surface area contributed by atoms with E-state index in [-0.39, 0.29) is 12.2 Å². The van der Waals surface area contributed by atoms with Crippen LogP contribution in [-0.4, -0.2) is 63.8 Å². The molecule has 2 aromatic carbocycles. The normalized spacial score (nSPS) is 24.4. The molecule has 6 nitrogen and oxygen atoms in total. The molecule has 0 amide bonds. The summed E-state index contributed by atoms with van der Waals surface area (Å²) in [6, 6.07) is 14.2. The Morgan fingerprint density at radius 1 is 0.711 bits per heavy atom. The lowest BCUT2D eigenvalue weighted by Gasteiger charge is -2.47. The minimum atomic E-state index is 0.276. The van der Waals surface area contributed by atoms with Gasteiger partial charge in [-0.15, -0.1) is 0 Å². The van der Waals surface area contributed by atoms with Gasteiger partial charge in [0.2, 0.25) is 0 Å². The molecule has 0 saturated carbocycles. The summed E-state index contributed by atoms with van der Waals surface area (Å²) in [6.07, 6.45) is 7.47. The Bertz CT molecular complexity index is 968. The molecule has 5 rings (SSSR count). The topological polar surface area (TPSA) is 50.0 Å². The van der Waals surface area contributed by atoms with E-state index >= 15 is 0 Å². The number of piperazine rings is 1. The first-order valence-corrected chi connectivity index (χ1v) is 14.8. The number of unbranched alkanes of at least 4 members (excludes halogenated alkanes) is 2. The van der Waals surface area contributed by atoms with Crippen LogP contribution in [-0.2, 0) is 22.3 Å². The zero-order chi connectivity index (χ0) is 26.5. The number of nitrogens with zero attached hydrogens (tertiary/aromatic N) is 2. The summed E-state index contributed by atoms with van der Waals surface area (Å²) in [6.45, 7) is 14.2. The van der Waals surface area contributed by atoms with Crippen LogP contribution in [0.1, 0.15) is 64.5 Å². The summed E-state index contributed by atoms with van der Waals surface area (Å²) in [5.41, 5.74) is 5.53. The van der Waals surface area contributed by atoms with Gasteiger partial charge in [-0.1, -0.05) is 26.7 Å². The van der Waals surface area contributed by atoms with Crippen molar-refractivity contribution < 1.29 is 18.9 Å². The Morgan fingerprint density at radius 3 is 1.50 bits per heavy atom. The van der Waals surface area contributed by atoms with Gasteiger partial charge in [0.1, 0.15) is 36.9 Å². The number of aryl methyl sites for hydroxylation is 2. The zero-order valence-corrected chi connectivity index (χ0v) is 23.8. The third kappa shape index (κ3) is 6.95. The van der Waals surface area contributed by atoms with Crippen LogP contribution in [0.2, 0.25) is 0 Å². The van der Waals surface area contributed by atoms with Gasteiger partial charge in [-0.05, 0) is 87.1 Å². The van der Waals surface area contributed by atoms with Crippen LogP contribution < -0.4 is 19.3 Å². The smallest absolute Gasteiger partial charge is 0.119 e. The summed E-state index contributed by atoms with van der Waals surface area (Å²) >= 11 is 0. The van der Waals surface area contributed by atoms with Gasteiger partial charge in [0, 0.05) is 36.5 Å². The highest BCUT2D eigenvalue weighted by atomic mass is 16.6. The molecular formula is C32H46N2O4. The molecule has 38 heavy (non-hydrogen) atoms. The van der Waals surface area contributed by atoms with Crippen molar-refractivity contribution in [2.24, 2.45) is 0 Å². The van der Waals surface area contributed by atoms with Crippen LogP contribution in [0.5, 0.6) is 11.5 Å². The molecule has 0 spiro atoms. The number of rotatable bonds is 14. The van der Waals surface area contributed by atoms with Crippen molar-refractivity contribution in [3.63, 3.8) is 0 Å². The second-order valence-corrected chi connectivity index (χ2v) is 11.3. The fourth-order valence-electron chi connectivity index (χ4n) is 5.50. The van der Waals surface area contributed by atoms with E-state index in [0.717, 1.165) is 50.6 Å². The number of epoxide rings is 2. The van der Waals surface area contributed by atoms with Crippen molar-refractivity contribution in [3.8, 4) is 11.5 Å². The molecule has 2 aromatic rings. The fraction of sp³-hybridized carbons (Fsp3) is 0.625. The molecule has 3 aliphatic rings. The summed E-state index contributed by atoms with van der Waals surface area (Å²) in [5, 5.41) is 0. The first-order chi connectivity index (χ1) is 18.6. The Balaban J connectivity index is 1.32. The number of hydrogen-bond acceptors (Lipinski definition) is 6. The minimum Gasteiger partial charge on any atom is -0.491 e. The van der Waals surface area contributed by atoms with Crippen LogP contribution in [0.15, 0.2) is 36.4 Å². The zero-order valence-electron chi connectivity index (χ0n) is 23.8. The lowest BCUT2D eigenvalue weighted by atomic mass is 9.98. The van der Waals surface area contributed by atoms with Crippen molar-refractivity contribution in [2.45, 2.75) is 90.5 Å². The van der Waals surface area contributed by atoms with Crippen LogP contribution in [0, 0.1) is 0 Å². The van der Waals surface area contributed by atoms with E-state index in [1.165, 1.54) is 48.2 Å². The average Bonchev–Trinajstić information content (AvgIpc) is 3.85. The van der Waals surface area contributed by atoms with Crippen LogP contribution in [0.25, 0.3) is 0 Å². The predicted octanol–water partition coefficient (Wildman–Crippen LogP) is 6.03. The molecule has 3 heterocycles. The second kappa shape index (κ2) is 12.6. The van der Waals surface area contributed by atoms with Crippen molar-refractivity contribution >= 4 is 11.4 Å².